The van der Waals surface area contributed by atoms with Crippen molar-refractivity contribution in [1.29, 1.82) is 0 Å². The Bertz CT molecular complexity index is 538. The maximum atomic E-state index is 12.1. The molecule has 0 unspecified atom stereocenters. The molecule has 0 atom stereocenters. The molecule has 2 aromatic rings. The lowest BCUT2D eigenvalue weighted by atomic mass is 10.1. The number of hydrogen-bond donors (Lipinski definition) is 0. The van der Waals surface area contributed by atoms with E-state index in [2.05, 4.69) is 10.2 Å². The Morgan fingerprint density at radius 1 is 1.29 bits per heavy atom. The normalized spacial score (nSPS) is 10.8. The Kier molecular flexibility index (Phi) is 3.08. The Balaban J connectivity index is 2.16. The number of aryl methyl sites for hydroxylation is 3. The van der Waals surface area contributed by atoms with Gasteiger partial charge < -0.3 is 0 Å². The van der Waals surface area contributed by atoms with E-state index >= 15 is 0 Å². The number of aromatic nitrogens is 4. The molecule has 0 aliphatic carbocycles. The van der Waals surface area contributed by atoms with Crippen LogP contribution in [0.2, 0.25) is 0 Å². The van der Waals surface area contributed by atoms with Crippen LogP contribution in [0.3, 0.4) is 0 Å². The van der Waals surface area contributed by atoms with Crippen LogP contribution < -0.4 is 0 Å². The van der Waals surface area contributed by atoms with Crippen LogP contribution in [0, 0.1) is 0 Å². The van der Waals surface area contributed by atoms with Crippen molar-refractivity contribution in [2.75, 3.05) is 0 Å². The van der Waals surface area contributed by atoms with Gasteiger partial charge in [0, 0.05) is 20.3 Å². The van der Waals surface area contributed by atoms with E-state index in [4.69, 9.17) is 0 Å². The lowest BCUT2D eigenvalue weighted by Gasteiger charge is -1.98. The summed E-state index contributed by atoms with van der Waals surface area (Å²) in [5.41, 5.74) is 2.38. The highest BCUT2D eigenvalue weighted by Gasteiger charge is 2.14. The molecular weight excluding hydrogens is 216 g/mol. The zero-order valence-corrected chi connectivity index (χ0v) is 10.3. The lowest BCUT2D eigenvalue weighted by Crippen LogP contribution is -2.10. The molecule has 0 amide bonds. The summed E-state index contributed by atoms with van der Waals surface area (Å²) in [6, 6.07) is 3.71. The van der Waals surface area contributed by atoms with Gasteiger partial charge in [-0.3, -0.25) is 14.2 Å². The zero-order chi connectivity index (χ0) is 12.4. The largest absolute Gasteiger partial charge is 0.292 e. The molecule has 0 aromatic carbocycles. The molecule has 2 aromatic heterocycles. The smallest absolute Gasteiger partial charge is 0.186 e. The van der Waals surface area contributed by atoms with Gasteiger partial charge >= 0.3 is 0 Å². The van der Waals surface area contributed by atoms with Crippen LogP contribution >= 0.6 is 0 Å². The number of rotatable bonds is 4. The van der Waals surface area contributed by atoms with Crippen molar-refractivity contribution >= 4 is 5.78 Å². The first-order chi connectivity index (χ1) is 8.10. The standard InChI is InChI=1S/C12H16N4O/c1-4-9-7-11(16(3)14-9)12(17)8-10-5-6-15(2)13-10/h5-7H,4,8H2,1-3H3. The minimum atomic E-state index is 0.0541. The van der Waals surface area contributed by atoms with Crippen molar-refractivity contribution < 1.29 is 4.79 Å². The lowest BCUT2D eigenvalue weighted by molar-refractivity contribution is 0.0983. The summed E-state index contributed by atoms with van der Waals surface area (Å²) in [6.45, 7) is 2.02. The van der Waals surface area contributed by atoms with E-state index in [0.29, 0.717) is 12.1 Å². The highest BCUT2D eigenvalue weighted by molar-refractivity contribution is 5.95. The Hall–Kier alpha value is -1.91. The van der Waals surface area contributed by atoms with Gasteiger partial charge in [0.05, 0.1) is 17.8 Å². The number of nitrogens with zero attached hydrogens (tertiary/aromatic N) is 4. The molecule has 0 radical (unpaired) electrons. The molecule has 0 aliphatic rings. The summed E-state index contributed by atoms with van der Waals surface area (Å²) in [5.74, 6) is 0.0541. The molecule has 5 heteroatoms. The predicted molar refractivity (Wildman–Crippen MR) is 63.8 cm³/mol. The number of carbonyl (C=O) groups excluding carboxylic acids is 1. The number of hydrogen-bond acceptors (Lipinski definition) is 3. The molecule has 0 N–H and O–H groups in total. The maximum absolute atomic E-state index is 12.1. The molecule has 2 heterocycles. The van der Waals surface area contributed by atoms with E-state index in [1.54, 1.807) is 16.4 Å². The van der Waals surface area contributed by atoms with Crippen LogP contribution in [-0.2, 0) is 26.9 Å². The molecule has 0 spiro atoms. The second-order valence-electron chi connectivity index (χ2n) is 4.08. The fourth-order valence-electron chi connectivity index (χ4n) is 1.77. The molecule has 0 aliphatic heterocycles. The summed E-state index contributed by atoms with van der Waals surface area (Å²) in [6.07, 6.45) is 3.00. The average Bonchev–Trinajstić information content (AvgIpc) is 2.85. The Labute approximate surface area is 100 Å². The molecule has 0 fully saturated rings. The van der Waals surface area contributed by atoms with Crippen LogP contribution in [0.4, 0.5) is 0 Å². The maximum Gasteiger partial charge on any atom is 0.186 e. The Morgan fingerprint density at radius 3 is 2.59 bits per heavy atom. The molecule has 17 heavy (non-hydrogen) atoms. The number of Topliss-reactive ketones (excluding diaryl/α,β-unsaturated/α-hetero) is 1. The van der Waals surface area contributed by atoms with Gasteiger partial charge in [-0.15, -0.1) is 0 Å². The SMILES string of the molecule is CCc1cc(C(=O)Cc2ccn(C)n2)n(C)n1. The van der Waals surface area contributed by atoms with Gasteiger partial charge in [-0.2, -0.15) is 10.2 Å². The Morgan fingerprint density at radius 2 is 2.06 bits per heavy atom. The van der Waals surface area contributed by atoms with Gasteiger partial charge in [0.2, 0.25) is 0 Å². The van der Waals surface area contributed by atoms with E-state index in [9.17, 15) is 4.79 Å². The van der Waals surface area contributed by atoms with Crippen LogP contribution in [0.25, 0.3) is 0 Å². The molecule has 0 saturated carbocycles. The van der Waals surface area contributed by atoms with Crippen LogP contribution in [0.1, 0.15) is 28.8 Å². The zero-order valence-electron chi connectivity index (χ0n) is 10.3. The fraction of sp³-hybridized carbons (Fsp3) is 0.417. The van der Waals surface area contributed by atoms with Crippen LogP contribution in [-0.4, -0.2) is 25.3 Å². The van der Waals surface area contributed by atoms with Gasteiger partial charge in [-0.1, -0.05) is 6.92 Å². The van der Waals surface area contributed by atoms with Gasteiger partial charge in [-0.05, 0) is 18.6 Å². The third-order valence-electron chi connectivity index (χ3n) is 2.69. The second kappa shape index (κ2) is 4.53. The molecular formula is C12H16N4O. The van der Waals surface area contributed by atoms with E-state index in [1.165, 1.54) is 0 Å². The number of carbonyl (C=O) groups is 1. The highest BCUT2D eigenvalue weighted by atomic mass is 16.1. The van der Waals surface area contributed by atoms with E-state index < -0.39 is 0 Å². The van der Waals surface area contributed by atoms with E-state index in [0.717, 1.165) is 17.8 Å². The van der Waals surface area contributed by atoms with Crippen LogP contribution in [0.5, 0.6) is 0 Å². The molecule has 5 nitrogen and oxygen atoms in total. The fourth-order valence-corrected chi connectivity index (χ4v) is 1.77. The third-order valence-corrected chi connectivity index (χ3v) is 2.69. The summed E-state index contributed by atoms with van der Waals surface area (Å²) in [5, 5.41) is 8.47. The summed E-state index contributed by atoms with van der Waals surface area (Å²) < 4.78 is 3.34. The van der Waals surface area contributed by atoms with E-state index in [1.807, 2.05) is 32.3 Å². The summed E-state index contributed by atoms with van der Waals surface area (Å²) in [7, 11) is 3.64. The van der Waals surface area contributed by atoms with Crippen molar-refractivity contribution in [3.8, 4) is 0 Å². The molecule has 0 bridgehead atoms. The number of ketones is 1. The molecule has 0 saturated heterocycles. The first-order valence-corrected chi connectivity index (χ1v) is 5.64. The quantitative estimate of drug-likeness (QED) is 0.743. The monoisotopic (exact) mass is 232 g/mol. The molecule has 2 rings (SSSR count). The minimum absolute atomic E-state index is 0.0541. The van der Waals surface area contributed by atoms with Crippen molar-refractivity contribution in [3.63, 3.8) is 0 Å². The summed E-state index contributed by atoms with van der Waals surface area (Å²) >= 11 is 0. The van der Waals surface area contributed by atoms with Crippen molar-refractivity contribution in [3.05, 3.63) is 35.4 Å². The van der Waals surface area contributed by atoms with Crippen molar-refractivity contribution in [1.82, 2.24) is 19.6 Å². The topological polar surface area (TPSA) is 52.7 Å². The average molecular weight is 232 g/mol. The van der Waals surface area contributed by atoms with Gasteiger partial charge in [0.15, 0.2) is 5.78 Å². The summed E-state index contributed by atoms with van der Waals surface area (Å²) in [4.78, 5) is 12.1. The van der Waals surface area contributed by atoms with Gasteiger partial charge in [0.25, 0.3) is 0 Å². The van der Waals surface area contributed by atoms with Gasteiger partial charge in [0.1, 0.15) is 5.69 Å². The highest BCUT2D eigenvalue weighted by Crippen LogP contribution is 2.08. The minimum Gasteiger partial charge on any atom is -0.292 e. The predicted octanol–water partition coefficient (Wildman–Crippen LogP) is 1.14. The van der Waals surface area contributed by atoms with Crippen molar-refractivity contribution in [2.45, 2.75) is 19.8 Å². The second-order valence-corrected chi connectivity index (χ2v) is 4.08. The first kappa shape index (κ1) is 11.6. The molecule has 90 valence electrons. The van der Waals surface area contributed by atoms with Crippen LogP contribution in [0.15, 0.2) is 18.3 Å². The third kappa shape index (κ3) is 2.43. The first-order valence-electron chi connectivity index (χ1n) is 5.64. The van der Waals surface area contributed by atoms with Gasteiger partial charge in [-0.25, -0.2) is 0 Å². The van der Waals surface area contributed by atoms with E-state index in [-0.39, 0.29) is 5.78 Å². The van der Waals surface area contributed by atoms with Crippen molar-refractivity contribution in [2.24, 2.45) is 14.1 Å².